The predicted octanol–water partition coefficient (Wildman–Crippen LogP) is 2.56. The van der Waals surface area contributed by atoms with Gasteiger partial charge in [0.1, 0.15) is 0 Å². The van der Waals surface area contributed by atoms with Crippen molar-refractivity contribution >= 4 is 5.69 Å². The van der Waals surface area contributed by atoms with Crippen LogP contribution in [0.5, 0.6) is 5.75 Å². The second-order valence-corrected chi connectivity index (χ2v) is 5.25. The molecule has 0 unspecified atom stereocenters. The van der Waals surface area contributed by atoms with E-state index in [0.29, 0.717) is 19.6 Å². The van der Waals surface area contributed by atoms with E-state index in [9.17, 15) is 10.1 Å². The molecule has 23 heavy (non-hydrogen) atoms. The van der Waals surface area contributed by atoms with Crippen LogP contribution in [0.15, 0.2) is 48.5 Å². The Labute approximate surface area is 135 Å². The third-order valence-corrected chi connectivity index (χ3v) is 3.54. The Hall–Kier alpha value is -2.44. The second-order valence-electron chi connectivity index (χ2n) is 5.25. The van der Waals surface area contributed by atoms with Crippen molar-refractivity contribution in [2.75, 3.05) is 20.2 Å². The van der Waals surface area contributed by atoms with E-state index in [1.54, 1.807) is 12.1 Å². The molecule has 122 valence electrons. The largest absolute Gasteiger partial charge is 0.490 e. The van der Waals surface area contributed by atoms with Crippen molar-refractivity contribution < 1.29 is 9.66 Å². The summed E-state index contributed by atoms with van der Waals surface area (Å²) in [5.41, 5.74) is 7.72. The van der Waals surface area contributed by atoms with Gasteiger partial charge in [0.2, 0.25) is 0 Å². The average molecular weight is 315 g/mol. The van der Waals surface area contributed by atoms with Gasteiger partial charge in [0.05, 0.1) is 12.0 Å². The normalized spacial score (nSPS) is 10.7. The number of hydrogen-bond donors (Lipinski definition) is 1. The number of benzene rings is 2. The van der Waals surface area contributed by atoms with Crippen molar-refractivity contribution in [2.45, 2.75) is 13.1 Å². The fourth-order valence-electron chi connectivity index (χ4n) is 2.47. The summed E-state index contributed by atoms with van der Waals surface area (Å²) in [5.74, 6) is 0.271. The average Bonchev–Trinajstić information content (AvgIpc) is 2.56. The first kappa shape index (κ1) is 16.9. The summed E-state index contributed by atoms with van der Waals surface area (Å²) < 4.78 is 5.03. The number of methoxy groups -OCH3 is 1. The molecule has 2 aromatic rings. The summed E-state index contributed by atoms with van der Waals surface area (Å²) in [4.78, 5) is 12.9. The van der Waals surface area contributed by atoms with Gasteiger partial charge in [0.15, 0.2) is 5.75 Å². The highest BCUT2D eigenvalue weighted by Gasteiger charge is 2.16. The summed E-state index contributed by atoms with van der Waals surface area (Å²) in [6, 6.07) is 15.1. The molecule has 0 aliphatic rings. The molecule has 2 rings (SSSR count). The Balaban J connectivity index is 2.16. The Morgan fingerprint density at radius 2 is 1.83 bits per heavy atom. The number of nitrogens with zero attached hydrogens (tertiary/aromatic N) is 2. The van der Waals surface area contributed by atoms with E-state index in [2.05, 4.69) is 17.0 Å². The maximum absolute atomic E-state index is 11.1. The van der Waals surface area contributed by atoms with Crippen LogP contribution in [0.3, 0.4) is 0 Å². The van der Waals surface area contributed by atoms with Crippen LogP contribution < -0.4 is 10.5 Å². The minimum Gasteiger partial charge on any atom is -0.490 e. The first-order valence-corrected chi connectivity index (χ1v) is 7.41. The van der Waals surface area contributed by atoms with Gasteiger partial charge < -0.3 is 10.5 Å². The predicted molar refractivity (Wildman–Crippen MR) is 89.3 cm³/mol. The smallest absolute Gasteiger partial charge is 0.311 e. The molecule has 2 aromatic carbocycles. The first-order valence-electron chi connectivity index (χ1n) is 7.41. The Morgan fingerprint density at radius 3 is 2.43 bits per heavy atom. The summed E-state index contributed by atoms with van der Waals surface area (Å²) in [6.45, 7) is 2.59. The van der Waals surface area contributed by atoms with Crippen LogP contribution in [0.4, 0.5) is 5.69 Å². The van der Waals surface area contributed by atoms with Crippen LogP contribution in [0, 0.1) is 10.1 Å². The summed E-state index contributed by atoms with van der Waals surface area (Å²) >= 11 is 0. The minimum atomic E-state index is -0.424. The van der Waals surface area contributed by atoms with Gasteiger partial charge in [-0.1, -0.05) is 36.4 Å². The first-order chi connectivity index (χ1) is 11.1. The van der Waals surface area contributed by atoms with E-state index in [1.807, 2.05) is 24.3 Å². The summed E-state index contributed by atoms with van der Waals surface area (Å²) in [5, 5.41) is 11.1. The molecule has 0 saturated heterocycles. The third-order valence-electron chi connectivity index (χ3n) is 3.54. The van der Waals surface area contributed by atoms with Crippen LogP contribution in [0.25, 0.3) is 0 Å². The van der Waals surface area contributed by atoms with Gasteiger partial charge in [-0.2, -0.15) is 0 Å². The van der Waals surface area contributed by atoms with Gasteiger partial charge in [-0.25, -0.2) is 0 Å². The van der Waals surface area contributed by atoms with Gasteiger partial charge in [-0.05, 0) is 17.2 Å². The lowest BCUT2D eigenvalue weighted by atomic mass is 10.1. The number of nitro benzene ring substituents is 1. The lowest BCUT2D eigenvalue weighted by Crippen LogP contribution is -2.28. The van der Waals surface area contributed by atoms with Crippen LogP contribution in [-0.2, 0) is 13.1 Å². The highest BCUT2D eigenvalue weighted by Crippen LogP contribution is 2.28. The molecule has 6 heteroatoms. The highest BCUT2D eigenvalue weighted by atomic mass is 16.6. The monoisotopic (exact) mass is 315 g/mol. The zero-order valence-corrected chi connectivity index (χ0v) is 13.1. The fourth-order valence-corrected chi connectivity index (χ4v) is 2.47. The van der Waals surface area contributed by atoms with Crippen LogP contribution >= 0.6 is 0 Å². The van der Waals surface area contributed by atoms with Crippen molar-refractivity contribution in [2.24, 2.45) is 5.73 Å². The van der Waals surface area contributed by atoms with Gasteiger partial charge in [-0.3, -0.25) is 15.0 Å². The lowest BCUT2D eigenvalue weighted by molar-refractivity contribution is -0.385. The maximum Gasteiger partial charge on any atom is 0.311 e. The van der Waals surface area contributed by atoms with Gasteiger partial charge in [0.25, 0.3) is 0 Å². The van der Waals surface area contributed by atoms with Crippen molar-refractivity contribution in [3.63, 3.8) is 0 Å². The molecule has 0 fully saturated rings. The van der Waals surface area contributed by atoms with Crippen molar-refractivity contribution in [3.05, 3.63) is 69.8 Å². The van der Waals surface area contributed by atoms with E-state index < -0.39 is 4.92 Å². The SMILES string of the molecule is COc1ccc(CN(CCN)Cc2ccccc2)cc1[N+](=O)[O-]. The van der Waals surface area contributed by atoms with Gasteiger partial charge >= 0.3 is 5.69 Å². The molecule has 0 amide bonds. The number of hydrogen-bond acceptors (Lipinski definition) is 5. The molecular weight excluding hydrogens is 294 g/mol. The molecule has 2 N–H and O–H groups in total. The Bertz CT molecular complexity index is 647. The Morgan fingerprint density at radius 1 is 1.13 bits per heavy atom. The maximum atomic E-state index is 11.1. The second kappa shape index (κ2) is 8.26. The van der Waals surface area contributed by atoms with E-state index in [0.717, 1.165) is 12.1 Å². The molecule has 6 nitrogen and oxygen atoms in total. The topological polar surface area (TPSA) is 81.6 Å². The number of ether oxygens (including phenoxy) is 1. The Kier molecular flexibility index (Phi) is 6.08. The molecule has 0 heterocycles. The van der Waals surface area contributed by atoms with E-state index in [-0.39, 0.29) is 11.4 Å². The highest BCUT2D eigenvalue weighted by molar-refractivity contribution is 5.48. The number of nitro groups is 1. The van der Waals surface area contributed by atoms with E-state index in [4.69, 9.17) is 10.5 Å². The van der Waals surface area contributed by atoms with Crippen molar-refractivity contribution in [1.82, 2.24) is 4.90 Å². The van der Waals surface area contributed by atoms with Crippen LogP contribution in [0.2, 0.25) is 0 Å². The van der Waals surface area contributed by atoms with E-state index in [1.165, 1.54) is 12.7 Å². The fraction of sp³-hybridized carbons (Fsp3) is 0.294. The molecule has 0 aliphatic carbocycles. The molecular formula is C17H21N3O3. The molecule has 0 atom stereocenters. The van der Waals surface area contributed by atoms with Crippen molar-refractivity contribution in [1.29, 1.82) is 0 Å². The summed E-state index contributed by atoms with van der Waals surface area (Å²) in [7, 11) is 1.43. The molecule has 0 aromatic heterocycles. The number of nitrogens with two attached hydrogens (primary N) is 1. The molecule has 0 saturated carbocycles. The van der Waals surface area contributed by atoms with Crippen molar-refractivity contribution in [3.8, 4) is 5.75 Å². The number of rotatable bonds is 8. The van der Waals surface area contributed by atoms with Crippen LogP contribution in [0.1, 0.15) is 11.1 Å². The molecule has 0 aliphatic heterocycles. The van der Waals surface area contributed by atoms with Gasteiger partial charge in [0, 0.05) is 32.2 Å². The molecule has 0 radical (unpaired) electrons. The zero-order valence-electron chi connectivity index (χ0n) is 13.1. The lowest BCUT2D eigenvalue weighted by Gasteiger charge is -2.22. The van der Waals surface area contributed by atoms with E-state index >= 15 is 0 Å². The molecule has 0 bridgehead atoms. The quantitative estimate of drug-likeness (QED) is 0.598. The van der Waals surface area contributed by atoms with Gasteiger partial charge in [-0.15, -0.1) is 0 Å². The standard InChI is InChI=1S/C17H21N3O3/c1-23-17-8-7-15(11-16(17)20(21)22)13-19(10-9-18)12-14-5-3-2-4-6-14/h2-8,11H,9-10,12-13,18H2,1H3. The zero-order chi connectivity index (χ0) is 16.7. The summed E-state index contributed by atoms with van der Waals surface area (Å²) in [6.07, 6.45) is 0. The third kappa shape index (κ3) is 4.77. The molecule has 0 spiro atoms. The van der Waals surface area contributed by atoms with Crippen LogP contribution in [-0.4, -0.2) is 30.0 Å². The minimum absolute atomic E-state index is 0.0163.